The first-order valence-electron chi connectivity index (χ1n) is 7.15. The number of rotatable bonds is 2. The van der Waals surface area contributed by atoms with Crippen molar-refractivity contribution in [3.8, 4) is 0 Å². The largest absolute Gasteiger partial charge is 0.353 e. The average molecular weight is 299 g/mol. The lowest BCUT2D eigenvalue weighted by Gasteiger charge is -2.35. The van der Waals surface area contributed by atoms with E-state index in [4.69, 9.17) is 0 Å². The van der Waals surface area contributed by atoms with Crippen LogP contribution in [0.4, 0.5) is 5.82 Å². The van der Waals surface area contributed by atoms with Crippen molar-refractivity contribution in [1.29, 1.82) is 0 Å². The first-order valence-corrected chi connectivity index (χ1v) is 7.15. The number of carbonyl (C=O) groups is 1. The van der Waals surface area contributed by atoms with Gasteiger partial charge in [-0.1, -0.05) is 6.07 Å². The maximum absolute atomic E-state index is 12.4. The van der Waals surface area contributed by atoms with Crippen molar-refractivity contribution >= 4 is 11.7 Å². The van der Waals surface area contributed by atoms with E-state index in [1.54, 1.807) is 11.1 Å². The number of aromatic nitrogens is 3. The number of amides is 1. The molecule has 7 nitrogen and oxygen atoms in total. The minimum Gasteiger partial charge on any atom is -0.353 e. The predicted molar refractivity (Wildman–Crippen MR) is 81.8 cm³/mol. The Morgan fingerprint density at radius 2 is 1.86 bits per heavy atom. The van der Waals surface area contributed by atoms with Crippen LogP contribution >= 0.6 is 0 Å². The average Bonchev–Trinajstić information content (AvgIpc) is 2.58. The Labute approximate surface area is 127 Å². The molecule has 1 aliphatic heterocycles. The summed E-state index contributed by atoms with van der Waals surface area (Å²) in [5, 5.41) is 4.01. The minimum absolute atomic E-state index is 0.142. The summed E-state index contributed by atoms with van der Waals surface area (Å²) in [5.41, 5.74) is 0.0740. The first kappa shape index (κ1) is 14.2. The lowest BCUT2D eigenvalue weighted by molar-refractivity contribution is 0.0738. The first-order chi connectivity index (χ1) is 10.6. The van der Waals surface area contributed by atoms with Crippen LogP contribution in [0, 0.1) is 0 Å². The van der Waals surface area contributed by atoms with Crippen LogP contribution in [0.15, 0.2) is 41.3 Å². The summed E-state index contributed by atoms with van der Waals surface area (Å²) in [4.78, 5) is 32.0. The van der Waals surface area contributed by atoms with Gasteiger partial charge in [-0.05, 0) is 18.2 Å². The van der Waals surface area contributed by atoms with Crippen molar-refractivity contribution in [3.05, 3.63) is 52.6 Å². The molecule has 0 saturated carbocycles. The molecule has 0 aromatic carbocycles. The number of anilines is 1. The third kappa shape index (κ3) is 2.83. The molecule has 1 amide bonds. The molecular weight excluding hydrogens is 282 g/mol. The summed E-state index contributed by atoms with van der Waals surface area (Å²) in [6, 6.07) is 8.65. The molecule has 1 saturated heterocycles. The second-order valence-electron chi connectivity index (χ2n) is 5.15. The van der Waals surface area contributed by atoms with Crippen LogP contribution in [0.3, 0.4) is 0 Å². The van der Waals surface area contributed by atoms with Crippen molar-refractivity contribution in [3.63, 3.8) is 0 Å². The Hall–Kier alpha value is -2.70. The zero-order valence-corrected chi connectivity index (χ0v) is 12.3. The number of piperazine rings is 1. The Kier molecular flexibility index (Phi) is 3.86. The van der Waals surface area contributed by atoms with Gasteiger partial charge in [0.15, 0.2) is 0 Å². The molecule has 114 valence electrons. The van der Waals surface area contributed by atoms with Gasteiger partial charge in [0.05, 0.1) is 0 Å². The number of hydrogen-bond donors (Lipinski definition) is 0. The van der Waals surface area contributed by atoms with E-state index in [0.717, 1.165) is 18.9 Å². The smallest absolute Gasteiger partial charge is 0.274 e. The molecule has 1 aliphatic rings. The van der Waals surface area contributed by atoms with Gasteiger partial charge >= 0.3 is 0 Å². The van der Waals surface area contributed by atoms with Gasteiger partial charge < -0.3 is 9.80 Å². The molecule has 2 aromatic rings. The normalized spacial score (nSPS) is 15.0. The molecule has 0 radical (unpaired) electrons. The molecule has 0 spiro atoms. The standard InChI is InChI=1S/C15H17N5O2/c1-18-14(21)6-5-12(17-18)15(22)20-10-8-19(9-11-20)13-4-2-3-7-16-13/h2-7H,8-11H2,1H3. The van der Waals surface area contributed by atoms with Crippen molar-refractivity contribution in [2.75, 3.05) is 31.1 Å². The van der Waals surface area contributed by atoms with Crippen LogP contribution in [0.2, 0.25) is 0 Å². The van der Waals surface area contributed by atoms with Crippen molar-refractivity contribution < 1.29 is 4.79 Å². The SMILES string of the molecule is Cn1nc(C(=O)N2CCN(c3ccccn3)CC2)ccc1=O. The molecule has 3 heterocycles. The highest BCUT2D eigenvalue weighted by Gasteiger charge is 2.23. The zero-order valence-electron chi connectivity index (χ0n) is 12.3. The lowest BCUT2D eigenvalue weighted by atomic mass is 10.2. The van der Waals surface area contributed by atoms with Crippen LogP contribution in [-0.2, 0) is 7.05 Å². The number of aryl methyl sites for hydroxylation is 1. The molecule has 0 unspecified atom stereocenters. The van der Waals surface area contributed by atoms with Crippen LogP contribution in [-0.4, -0.2) is 51.8 Å². The lowest BCUT2D eigenvalue weighted by Crippen LogP contribution is -2.49. The van der Waals surface area contributed by atoms with E-state index in [0.29, 0.717) is 18.8 Å². The highest BCUT2D eigenvalue weighted by Crippen LogP contribution is 2.13. The minimum atomic E-state index is -0.225. The number of carbonyl (C=O) groups excluding carboxylic acids is 1. The fraction of sp³-hybridized carbons (Fsp3) is 0.333. The van der Waals surface area contributed by atoms with E-state index < -0.39 is 0 Å². The molecule has 3 rings (SSSR count). The Morgan fingerprint density at radius 3 is 2.50 bits per heavy atom. The maximum atomic E-state index is 12.4. The van der Waals surface area contributed by atoms with Crippen molar-refractivity contribution in [2.45, 2.75) is 0 Å². The second-order valence-corrected chi connectivity index (χ2v) is 5.15. The van der Waals surface area contributed by atoms with E-state index in [2.05, 4.69) is 15.0 Å². The van der Waals surface area contributed by atoms with E-state index in [9.17, 15) is 9.59 Å². The Bertz CT molecular complexity index is 720. The molecular formula is C15H17N5O2. The van der Waals surface area contributed by atoms with E-state index in [1.165, 1.54) is 23.9 Å². The monoisotopic (exact) mass is 299 g/mol. The second kappa shape index (κ2) is 5.97. The molecule has 22 heavy (non-hydrogen) atoms. The topological polar surface area (TPSA) is 71.3 Å². The predicted octanol–water partition coefficient (Wildman–Crippen LogP) is 0.138. The summed E-state index contributed by atoms with van der Waals surface area (Å²) >= 11 is 0. The molecule has 0 aliphatic carbocycles. The van der Waals surface area contributed by atoms with Crippen LogP contribution in [0.1, 0.15) is 10.5 Å². The summed E-state index contributed by atoms with van der Waals surface area (Å²) in [5.74, 6) is 0.783. The van der Waals surface area contributed by atoms with Gasteiger partial charge in [0.1, 0.15) is 11.5 Å². The van der Waals surface area contributed by atoms with Gasteiger partial charge in [0, 0.05) is 45.5 Å². The molecule has 7 heteroatoms. The molecule has 0 atom stereocenters. The summed E-state index contributed by atoms with van der Waals surface area (Å²) in [7, 11) is 1.54. The Morgan fingerprint density at radius 1 is 1.09 bits per heavy atom. The number of pyridine rings is 1. The van der Waals surface area contributed by atoms with Crippen LogP contribution in [0.25, 0.3) is 0 Å². The van der Waals surface area contributed by atoms with Crippen molar-refractivity contribution in [1.82, 2.24) is 19.7 Å². The van der Waals surface area contributed by atoms with Crippen molar-refractivity contribution in [2.24, 2.45) is 7.05 Å². The van der Waals surface area contributed by atoms with Gasteiger partial charge in [0.25, 0.3) is 11.5 Å². The number of nitrogens with zero attached hydrogens (tertiary/aromatic N) is 5. The summed E-state index contributed by atoms with van der Waals surface area (Å²) < 4.78 is 1.18. The maximum Gasteiger partial charge on any atom is 0.274 e. The van der Waals surface area contributed by atoms with E-state index in [-0.39, 0.29) is 11.5 Å². The van der Waals surface area contributed by atoms with E-state index in [1.807, 2.05) is 18.2 Å². The zero-order chi connectivity index (χ0) is 15.5. The van der Waals surface area contributed by atoms with E-state index >= 15 is 0 Å². The quantitative estimate of drug-likeness (QED) is 0.789. The van der Waals surface area contributed by atoms with Gasteiger partial charge in [-0.15, -0.1) is 0 Å². The third-order valence-corrected chi connectivity index (χ3v) is 3.72. The fourth-order valence-corrected chi connectivity index (χ4v) is 2.46. The van der Waals surface area contributed by atoms with Gasteiger partial charge in [0.2, 0.25) is 0 Å². The molecule has 0 N–H and O–H groups in total. The Balaban J connectivity index is 1.67. The highest BCUT2D eigenvalue weighted by molar-refractivity contribution is 5.92. The molecule has 0 bridgehead atoms. The van der Waals surface area contributed by atoms with Crippen LogP contribution < -0.4 is 10.5 Å². The molecule has 2 aromatic heterocycles. The van der Waals surface area contributed by atoms with Gasteiger partial charge in [-0.3, -0.25) is 9.59 Å². The fourth-order valence-electron chi connectivity index (χ4n) is 2.46. The van der Waals surface area contributed by atoms with Crippen LogP contribution in [0.5, 0.6) is 0 Å². The summed E-state index contributed by atoms with van der Waals surface area (Å²) in [6.07, 6.45) is 1.77. The number of hydrogen-bond acceptors (Lipinski definition) is 5. The third-order valence-electron chi connectivity index (χ3n) is 3.72. The van der Waals surface area contributed by atoms with Gasteiger partial charge in [-0.25, -0.2) is 9.67 Å². The van der Waals surface area contributed by atoms with Gasteiger partial charge in [-0.2, -0.15) is 5.10 Å². The molecule has 1 fully saturated rings. The highest BCUT2D eigenvalue weighted by atomic mass is 16.2. The summed E-state index contributed by atoms with van der Waals surface area (Å²) in [6.45, 7) is 2.68.